The average Bonchev–Trinajstić information content (AvgIpc) is 3.26. The summed E-state index contributed by atoms with van der Waals surface area (Å²) in [6.45, 7) is 2.85. The first-order valence-electron chi connectivity index (χ1n) is 7.57. The van der Waals surface area contributed by atoms with E-state index in [0.717, 1.165) is 32.1 Å². The highest BCUT2D eigenvalue weighted by atomic mass is 16.3. The van der Waals surface area contributed by atoms with Crippen molar-refractivity contribution in [3.63, 3.8) is 0 Å². The molecule has 1 amide bonds. The van der Waals surface area contributed by atoms with Crippen LogP contribution in [0.15, 0.2) is 24.3 Å². The van der Waals surface area contributed by atoms with Gasteiger partial charge in [-0.3, -0.25) is 4.79 Å². The SMILES string of the molecule is CC1(C(=O)NCC2(CO)CC2)CCCc2ccccc21. The van der Waals surface area contributed by atoms with Crippen molar-refractivity contribution in [1.29, 1.82) is 0 Å². The Kier molecular flexibility index (Phi) is 3.33. The van der Waals surface area contributed by atoms with Crippen LogP contribution in [0, 0.1) is 5.41 Å². The minimum Gasteiger partial charge on any atom is -0.396 e. The Morgan fingerprint density at radius 2 is 2.05 bits per heavy atom. The molecule has 2 aliphatic carbocycles. The summed E-state index contributed by atoms with van der Waals surface area (Å²) < 4.78 is 0. The number of aliphatic hydroxyl groups excluding tert-OH is 1. The summed E-state index contributed by atoms with van der Waals surface area (Å²) in [4.78, 5) is 12.7. The molecule has 3 nitrogen and oxygen atoms in total. The number of rotatable bonds is 4. The van der Waals surface area contributed by atoms with Crippen LogP contribution in [0.4, 0.5) is 0 Å². The van der Waals surface area contributed by atoms with Gasteiger partial charge in [0.1, 0.15) is 0 Å². The molecule has 1 atom stereocenters. The Bertz CT molecular complexity index is 521. The van der Waals surface area contributed by atoms with Crippen LogP contribution < -0.4 is 5.32 Å². The van der Waals surface area contributed by atoms with E-state index < -0.39 is 5.41 Å². The van der Waals surface area contributed by atoms with Gasteiger partial charge in [0, 0.05) is 12.0 Å². The molecule has 1 aromatic rings. The van der Waals surface area contributed by atoms with Crippen molar-refractivity contribution in [3.05, 3.63) is 35.4 Å². The van der Waals surface area contributed by atoms with Gasteiger partial charge in [-0.2, -0.15) is 0 Å². The molecule has 1 aromatic carbocycles. The van der Waals surface area contributed by atoms with Crippen LogP contribution in [0.2, 0.25) is 0 Å². The van der Waals surface area contributed by atoms with E-state index in [4.69, 9.17) is 0 Å². The predicted molar refractivity (Wildman–Crippen MR) is 78.5 cm³/mol. The average molecular weight is 273 g/mol. The lowest BCUT2D eigenvalue weighted by Crippen LogP contribution is -2.46. The van der Waals surface area contributed by atoms with E-state index in [2.05, 4.69) is 24.4 Å². The fourth-order valence-electron chi connectivity index (χ4n) is 3.31. The lowest BCUT2D eigenvalue weighted by molar-refractivity contribution is -0.127. The lowest BCUT2D eigenvalue weighted by atomic mass is 9.70. The monoisotopic (exact) mass is 273 g/mol. The Labute approximate surface area is 120 Å². The van der Waals surface area contributed by atoms with Gasteiger partial charge in [0.2, 0.25) is 5.91 Å². The van der Waals surface area contributed by atoms with Crippen molar-refractivity contribution in [3.8, 4) is 0 Å². The third kappa shape index (κ3) is 2.24. The maximum Gasteiger partial charge on any atom is 0.230 e. The first kappa shape index (κ1) is 13.6. The summed E-state index contributed by atoms with van der Waals surface area (Å²) in [7, 11) is 0. The van der Waals surface area contributed by atoms with Gasteiger partial charge in [-0.1, -0.05) is 24.3 Å². The van der Waals surface area contributed by atoms with Crippen LogP contribution in [-0.4, -0.2) is 24.2 Å². The summed E-state index contributed by atoms with van der Waals surface area (Å²) in [6, 6.07) is 8.29. The number of benzene rings is 1. The van der Waals surface area contributed by atoms with Crippen LogP contribution in [0.3, 0.4) is 0 Å². The number of carbonyl (C=O) groups excluding carboxylic acids is 1. The largest absolute Gasteiger partial charge is 0.396 e. The van der Waals surface area contributed by atoms with E-state index in [-0.39, 0.29) is 17.9 Å². The number of aryl methyl sites for hydroxylation is 1. The molecule has 0 radical (unpaired) electrons. The molecule has 2 aliphatic rings. The highest BCUT2D eigenvalue weighted by molar-refractivity contribution is 5.88. The predicted octanol–water partition coefficient (Wildman–Crippen LogP) is 2.17. The molecule has 3 rings (SSSR count). The molecule has 0 aromatic heterocycles. The molecular weight excluding hydrogens is 250 g/mol. The molecule has 20 heavy (non-hydrogen) atoms. The normalized spacial score (nSPS) is 26.7. The molecule has 2 N–H and O–H groups in total. The van der Waals surface area contributed by atoms with E-state index in [9.17, 15) is 9.90 Å². The zero-order chi connectivity index (χ0) is 14.2. The number of aliphatic hydroxyl groups is 1. The van der Waals surface area contributed by atoms with Crippen LogP contribution in [-0.2, 0) is 16.6 Å². The number of nitrogens with one attached hydrogen (secondary N) is 1. The molecule has 0 saturated heterocycles. The zero-order valence-electron chi connectivity index (χ0n) is 12.1. The Balaban J connectivity index is 1.77. The van der Waals surface area contributed by atoms with E-state index in [1.807, 2.05) is 12.1 Å². The number of amides is 1. The first-order chi connectivity index (χ1) is 9.60. The lowest BCUT2D eigenvalue weighted by Gasteiger charge is -2.35. The Morgan fingerprint density at radius 3 is 2.75 bits per heavy atom. The third-order valence-corrected chi connectivity index (χ3v) is 5.15. The molecule has 1 unspecified atom stereocenters. The topological polar surface area (TPSA) is 49.3 Å². The van der Waals surface area contributed by atoms with Crippen molar-refractivity contribution in [2.75, 3.05) is 13.2 Å². The van der Waals surface area contributed by atoms with Crippen LogP contribution in [0.1, 0.15) is 43.7 Å². The highest BCUT2D eigenvalue weighted by Crippen LogP contribution is 2.44. The Hall–Kier alpha value is -1.35. The second kappa shape index (κ2) is 4.88. The minimum atomic E-state index is -0.416. The van der Waals surface area contributed by atoms with Gasteiger partial charge < -0.3 is 10.4 Å². The minimum absolute atomic E-state index is 0.0276. The second-order valence-corrected chi connectivity index (χ2v) is 6.68. The number of fused-ring (bicyclic) bond motifs is 1. The van der Waals surface area contributed by atoms with Gasteiger partial charge in [-0.05, 0) is 50.2 Å². The molecule has 108 valence electrons. The standard InChI is InChI=1S/C17H23NO2/c1-16(15(20)18-11-17(12-19)9-10-17)8-4-6-13-5-2-3-7-14(13)16/h2-3,5,7,19H,4,6,8-12H2,1H3,(H,18,20). The number of hydrogen-bond donors (Lipinski definition) is 2. The van der Waals surface area contributed by atoms with Crippen molar-refractivity contribution in [1.82, 2.24) is 5.32 Å². The summed E-state index contributed by atoms with van der Waals surface area (Å²) >= 11 is 0. The molecule has 0 heterocycles. The smallest absolute Gasteiger partial charge is 0.230 e. The molecule has 1 fully saturated rings. The molecule has 0 spiro atoms. The maximum atomic E-state index is 12.7. The van der Waals surface area contributed by atoms with Crippen molar-refractivity contribution in [2.24, 2.45) is 5.41 Å². The molecular formula is C17H23NO2. The molecule has 3 heteroatoms. The van der Waals surface area contributed by atoms with E-state index >= 15 is 0 Å². The number of carbonyl (C=O) groups is 1. The van der Waals surface area contributed by atoms with Gasteiger partial charge in [0.05, 0.1) is 12.0 Å². The fourth-order valence-corrected chi connectivity index (χ4v) is 3.31. The van der Waals surface area contributed by atoms with Gasteiger partial charge >= 0.3 is 0 Å². The van der Waals surface area contributed by atoms with Crippen LogP contribution >= 0.6 is 0 Å². The van der Waals surface area contributed by atoms with Crippen molar-refractivity contribution < 1.29 is 9.90 Å². The van der Waals surface area contributed by atoms with Gasteiger partial charge in [-0.25, -0.2) is 0 Å². The summed E-state index contributed by atoms with van der Waals surface area (Å²) in [5.41, 5.74) is 2.04. The van der Waals surface area contributed by atoms with Gasteiger partial charge in [0.15, 0.2) is 0 Å². The van der Waals surface area contributed by atoms with Crippen LogP contribution in [0.25, 0.3) is 0 Å². The quantitative estimate of drug-likeness (QED) is 0.883. The Morgan fingerprint density at radius 1 is 1.30 bits per heavy atom. The van der Waals surface area contributed by atoms with Crippen molar-refractivity contribution in [2.45, 2.75) is 44.4 Å². The van der Waals surface area contributed by atoms with E-state index in [1.54, 1.807) is 0 Å². The van der Waals surface area contributed by atoms with E-state index in [1.165, 1.54) is 11.1 Å². The number of hydrogen-bond acceptors (Lipinski definition) is 2. The summed E-state index contributed by atoms with van der Waals surface area (Å²) in [5, 5.41) is 12.4. The third-order valence-electron chi connectivity index (χ3n) is 5.15. The second-order valence-electron chi connectivity index (χ2n) is 6.68. The maximum absolute atomic E-state index is 12.7. The molecule has 1 saturated carbocycles. The first-order valence-corrected chi connectivity index (χ1v) is 7.57. The fraction of sp³-hybridized carbons (Fsp3) is 0.588. The summed E-state index contributed by atoms with van der Waals surface area (Å²) in [6.07, 6.45) is 5.09. The van der Waals surface area contributed by atoms with Crippen molar-refractivity contribution >= 4 is 5.91 Å². The molecule has 0 aliphatic heterocycles. The van der Waals surface area contributed by atoms with Gasteiger partial charge in [0.25, 0.3) is 0 Å². The summed E-state index contributed by atoms with van der Waals surface area (Å²) in [5.74, 6) is 0.115. The zero-order valence-corrected chi connectivity index (χ0v) is 12.1. The highest BCUT2D eigenvalue weighted by Gasteiger charge is 2.44. The van der Waals surface area contributed by atoms with Crippen LogP contribution in [0.5, 0.6) is 0 Å². The van der Waals surface area contributed by atoms with Gasteiger partial charge in [-0.15, -0.1) is 0 Å². The van der Waals surface area contributed by atoms with E-state index in [0.29, 0.717) is 6.54 Å². The molecule has 0 bridgehead atoms.